The standard InChI is InChI=1S/C23H46N2O3/c1-8-12-14-20(10-3)16-24(6)22(26)17-28-18-23(27)25(7)19(5)21(11-4)15-13-9-2/h19-21H,8-18H2,1-7H3. The van der Waals surface area contributed by atoms with Gasteiger partial charge in [0.15, 0.2) is 0 Å². The molecule has 0 fully saturated rings. The number of ether oxygens (including phenoxy) is 1. The monoisotopic (exact) mass is 398 g/mol. The summed E-state index contributed by atoms with van der Waals surface area (Å²) in [7, 11) is 3.67. The van der Waals surface area contributed by atoms with E-state index in [4.69, 9.17) is 4.74 Å². The van der Waals surface area contributed by atoms with Gasteiger partial charge < -0.3 is 14.5 Å². The van der Waals surface area contributed by atoms with E-state index in [1.165, 1.54) is 25.7 Å². The molecule has 0 aromatic heterocycles. The molecule has 0 spiro atoms. The number of carbonyl (C=O) groups excluding carboxylic acids is 2. The molecule has 3 unspecified atom stereocenters. The first-order chi connectivity index (χ1) is 13.3. The molecule has 0 aliphatic heterocycles. The third-order valence-electron chi connectivity index (χ3n) is 6.09. The summed E-state index contributed by atoms with van der Waals surface area (Å²) in [6.07, 6.45) is 9.21. The van der Waals surface area contributed by atoms with E-state index in [0.29, 0.717) is 11.8 Å². The lowest BCUT2D eigenvalue weighted by Crippen LogP contribution is -2.42. The minimum absolute atomic E-state index is 0.0261. The van der Waals surface area contributed by atoms with Gasteiger partial charge in [-0.15, -0.1) is 0 Å². The first-order valence-electron chi connectivity index (χ1n) is 11.4. The summed E-state index contributed by atoms with van der Waals surface area (Å²) in [4.78, 5) is 28.3. The lowest BCUT2D eigenvalue weighted by Gasteiger charge is -2.31. The van der Waals surface area contributed by atoms with Crippen LogP contribution in [-0.4, -0.2) is 61.5 Å². The van der Waals surface area contributed by atoms with Gasteiger partial charge >= 0.3 is 0 Å². The topological polar surface area (TPSA) is 49.9 Å². The molecule has 166 valence electrons. The zero-order valence-electron chi connectivity index (χ0n) is 19.6. The van der Waals surface area contributed by atoms with E-state index in [9.17, 15) is 9.59 Å². The molecular weight excluding hydrogens is 352 g/mol. The van der Waals surface area contributed by atoms with Crippen molar-refractivity contribution < 1.29 is 14.3 Å². The van der Waals surface area contributed by atoms with Crippen LogP contribution in [0.4, 0.5) is 0 Å². The molecule has 0 aromatic carbocycles. The molecule has 0 aliphatic rings. The van der Waals surface area contributed by atoms with Crippen LogP contribution >= 0.6 is 0 Å². The normalized spacial score (nSPS) is 14.4. The van der Waals surface area contributed by atoms with Gasteiger partial charge in [0.05, 0.1) is 0 Å². The Hall–Kier alpha value is -1.10. The van der Waals surface area contributed by atoms with Crippen LogP contribution in [0.3, 0.4) is 0 Å². The number of hydrogen-bond donors (Lipinski definition) is 0. The molecule has 0 saturated carbocycles. The van der Waals surface area contributed by atoms with Crippen LogP contribution in [0.1, 0.15) is 86.0 Å². The molecule has 0 aromatic rings. The van der Waals surface area contributed by atoms with E-state index in [1.807, 2.05) is 14.1 Å². The molecule has 0 N–H and O–H groups in total. The van der Waals surface area contributed by atoms with Crippen LogP contribution in [0, 0.1) is 11.8 Å². The van der Waals surface area contributed by atoms with Crippen molar-refractivity contribution in [3.8, 4) is 0 Å². The van der Waals surface area contributed by atoms with Gasteiger partial charge in [-0.1, -0.05) is 66.2 Å². The molecule has 0 radical (unpaired) electrons. The molecule has 0 heterocycles. The highest BCUT2D eigenvalue weighted by Gasteiger charge is 2.23. The number of unbranched alkanes of at least 4 members (excludes halogenated alkanes) is 2. The smallest absolute Gasteiger partial charge is 0.248 e. The Balaban J connectivity index is 4.34. The van der Waals surface area contributed by atoms with Crippen molar-refractivity contribution >= 4 is 11.8 Å². The number of carbonyl (C=O) groups is 2. The Kier molecular flexibility index (Phi) is 15.2. The largest absolute Gasteiger partial charge is 0.362 e. The van der Waals surface area contributed by atoms with E-state index < -0.39 is 0 Å². The summed E-state index contributed by atoms with van der Waals surface area (Å²) in [6.45, 7) is 11.6. The minimum Gasteiger partial charge on any atom is -0.362 e. The van der Waals surface area contributed by atoms with Gasteiger partial charge in [0, 0.05) is 26.7 Å². The number of likely N-dealkylation sites (N-methyl/N-ethyl adjacent to an activating group) is 2. The molecule has 0 rings (SSSR count). The zero-order valence-corrected chi connectivity index (χ0v) is 19.6. The second-order valence-corrected chi connectivity index (χ2v) is 8.24. The SMILES string of the molecule is CCCCC(CC)CN(C)C(=O)COCC(=O)N(C)C(C)C(CC)CCCC. The summed E-state index contributed by atoms with van der Waals surface area (Å²) >= 11 is 0. The number of rotatable bonds is 16. The Morgan fingerprint density at radius 2 is 1.43 bits per heavy atom. The van der Waals surface area contributed by atoms with E-state index in [0.717, 1.165) is 32.2 Å². The number of hydrogen-bond acceptors (Lipinski definition) is 3. The van der Waals surface area contributed by atoms with E-state index in [1.54, 1.807) is 9.80 Å². The van der Waals surface area contributed by atoms with Crippen molar-refractivity contribution in [1.29, 1.82) is 0 Å². The second-order valence-electron chi connectivity index (χ2n) is 8.24. The fraction of sp³-hybridized carbons (Fsp3) is 0.913. The molecule has 5 nitrogen and oxygen atoms in total. The van der Waals surface area contributed by atoms with Crippen molar-refractivity contribution in [2.75, 3.05) is 33.9 Å². The van der Waals surface area contributed by atoms with Crippen LogP contribution in [0.2, 0.25) is 0 Å². The molecule has 28 heavy (non-hydrogen) atoms. The summed E-state index contributed by atoms with van der Waals surface area (Å²) in [5.74, 6) is 0.951. The van der Waals surface area contributed by atoms with Crippen molar-refractivity contribution in [2.45, 2.75) is 92.0 Å². The predicted octanol–water partition coefficient (Wildman–Crippen LogP) is 4.74. The van der Waals surface area contributed by atoms with Crippen molar-refractivity contribution in [2.24, 2.45) is 11.8 Å². The van der Waals surface area contributed by atoms with Gasteiger partial charge in [-0.05, 0) is 31.6 Å². The van der Waals surface area contributed by atoms with Gasteiger partial charge in [-0.2, -0.15) is 0 Å². The molecular formula is C23H46N2O3. The van der Waals surface area contributed by atoms with Crippen LogP contribution < -0.4 is 0 Å². The van der Waals surface area contributed by atoms with Crippen LogP contribution in [0.5, 0.6) is 0 Å². The van der Waals surface area contributed by atoms with Crippen LogP contribution in [0.15, 0.2) is 0 Å². The maximum atomic E-state index is 12.4. The maximum Gasteiger partial charge on any atom is 0.248 e. The lowest BCUT2D eigenvalue weighted by atomic mass is 9.91. The van der Waals surface area contributed by atoms with Crippen molar-refractivity contribution in [3.05, 3.63) is 0 Å². The second kappa shape index (κ2) is 15.8. The average Bonchev–Trinajstić information content (AvgIpc) is 2.70. The number of nitrogens with zero attached hydrogens (tertiary/aromatic N) is 2. The van der Waals surface area contributed by atoms with Gasteiger partial charge in [0.2, 0.25) is 11.8 Å². The molecule has 0 saturated heterocycles. The molecule has 0 aliphatic carbocycles. The quantitative estimate of drug-likeness (QED) is 0.377. The summed E-state index contributed by atoms with van der Waals surface area (Å²) in [6, 6.07) is 0.190. The fourth-order valence-electron chi connectivity index (χ4n) is 3.64. The Labute approximate surface area is 174 Å². The molecule has 5 heteroatoms. The van der Waals surface area contributed by atoms with Gasteiger partial charge in [0.1, 0.15) is 13.2 Å². The van der Waals surface area contributed by atoms with Crippen LogP contribution in [-0.2, 0) is 14.3 Å². The van der Waals surface area contributed by atoms with Gasteiger partial charge in [0.25, 0.3) is 0 Å². The van der Waals surface area contributed by atoms with Crippen molar-refractivity contribution in [1.82, 2.24) is 9.80 Å². The highest BCUT2D eigenvalue weighted by Crippen LogP contribution is 2.20. The molecule has 0 bridgehead atoms. The van der Waals surface area contributed by atoms with Gasteiger partial charge in [-0.3, -0.25) is 9.59 Å². The van der Waals surface area contributed by atoms with Gasteiger partial charge in [-0.25, -0.2) is 0 Å². The summed E-state index contributed by atoms with van der Waals surface area (Å²) in [5.41, 5.74) is 0. The Bertz CT molecular complexity index is 428. The highest BCUT2D eigenvalue weighted by molar-refractivity contribution is 5.79. The fourth-order valence-corrected chi connectivity index (χ4v) is 3.64. The Morgan fingerprint density at radius 1 is 0.857 bits per heavy atom. The maximum absolute atomic E-state index is 12.4. The highest BCUT2D eigenvalue weighted by atomic mass is 16.5. The lowest BCUT2D eigenvalue weighted by molar-refractivity contribution is -0.142. The zero-order chi connectivity index (χ0) is 21.5. The van der Waals surface area contributed by atoms with Crippen LogP contribution in [0.25, 0.3) is 0 Å². The van der Waals surface area contributed by atoms with E-state index >= 15 is 0 Å². The summed E-state index contributed by atoms with van der Waals surface area (Å²) < 4.78 is 5.46. The number of amides is 2. The van der Waals surface area contributed by atoms with Crippen molar-refractivity contribution in [3.63, 3.8) is 0 Å². The first-order valence-corrected chi connectivity index (χ1v) is 11.4. The average molecular weight is 399 g/mol. The summed E-state index contributed by atoms with van der Waals surface area (Å²) in [5, 5.41) is 0. The van der Waals surface area contributed by atoms with E-state index in [2.05, 4.69) is 34.6 Å². The third-order valence-corrected chi connectivity index (χ3v) is 6.09. The molecule has 3 atom stereocenters. The minimum atomic E-state index is -0.0488. The van der Waals surface area contributed by atoms with E-state index in [-0.39, 0.29) is 31.1 Å². The third kappa shape index (κ3) is 10.4. The Morgan fingerprint density at radius 3 is 1.96 bits per heavy atom. The molecule has 2 amide bonds. The first kappa shape index (κ1) is 26.9. The predicted molar refractivity (Wildman–Crippen MR) is 117 cm³/mol.